The first-order valence-corrected chi connectivity index (χ1v) is 5.71. The van der Waals surface area contributed by atoms with E-state index < -0.39 is 0 Å². The summed E-state index contributed by atoms with van der Waals surface area (Å²) >= 11 is 1.69. The van der Waals surface area contributed by atoms with Crippen LogP contribution < -0.4 is 0 Å². The summed E-state index contributed by atoms with van der Waals surface area (Å²) in [5, 5.41) is 1.03. The molecule has 1 heterocycles. The zero-order valence-corrected chi connectivity index (χ0v) is 9.46. The van der Waals surface area contributed by atoms with Gasteiger partial charge in [0.05, 0.1) is 16.8 Å². The van der Waals surface area contributed by atoms with Gasteiger partial charge in [-0.1, -0.05) is 18.2 Å². The molecule has 78 valence electrons. The third-order valence-corrected chi connectivity index (χ3v) is 3.32. The first-order valence-electron chi connectivity index (χ1n) is 4.89. The molecule has 15 heavy (non-hydrogen) atoms. The van der Waals surface area contributed by atoms with Gasteiger partial charge in [-0.15, -0.1) is 17.9 Å². The molecule has 0 fully saturated rings. The van der Waals surface area contributed by atoms with Crippen LogP contribution in [0.5, 0.6) is 0 Å². The van der Waals surface area contributed by atoms with Gasteiger partial charge in [0.25, 0.3) is 0 Å². The van der Waals surface area contributed by atoms with Crippen molar-refractivity contribution in [3.8, 4) is 0 Å². The number of para-hydroxylation sites is 1. The number of thiazole rings is 1. The number of aromatic nitrogens is 1. The fourth-order valence-electron chi connectivity index (χ4n) is 1.35. The lowest BCUT2D eigenvalue weighted by atomic mass is 10.3. The molecule has 0 saturated heterocycles. The van der Waals surface area contributed by atoms with Gasteiger partial charge in [-0.05, 0) is 19.1 Å². The lowest BCUT2D eigenvalue weighted by Crippen LogP contribution is -1.98. The molecule has 0 aliphatic rings. The van der Waals surface area contributed by atoms with Crippen LogP contribution in [0.15, 0.2) is 36.9 Å². The van der Waals surface area contributed by atoms with E-state index in [1.165, 1.54) is 4.70 Å². The van der Waals surface area contributed by atoms with Crippen molar-refractivity contribution < 1.29 is 4.74 Å². The summed E-state index contributed by atoms with van der Waals surface area (Å²) < 4.78 is 6.75. The van der Waals surface area contributed by atoms with Gasteiger partial charge < -0.3 is 4.74 Å². The van der Waals surface area contributed by atoms with E-state index in [0.717, 1.165) is 10.5 Å². The Hall–Kier alpha value is -1.19. The minimum absolute atomic E-state index is 0.0420. The largest absolute Gasteiger partial charge is 0.367 e. The zero-order valence-electron chi connectivity index (χ0n) is 8.64. The van der Waals surface area contributed by atoms with Crippen LogP contribution in [-0.2, 0) is 4.74 Å². The summed E-state index contributed by atoms with van der Waals surface area (Å²) in [6, 6.07) is 8.13. The minimum Gasteiger partial charge on any atom is -0.367 e. The second-order valence-corrected chi connectivity index (χ2v) is 4.35. The first kappa shape index (κ1) is 10.3. The molecule has 3 heteroatoms. The van der Waals surface area contributed by atoms with Crippen molar-refractivity contribution in [2.45, 2.75) is 13.0 Å². The van der Waals surface area contributed by atoms with Gasteiger partial charge in [0.15, 0.2) is 0 Å². The predicted molar refractivity (Wildman–Crippen MR) is 64.2 cm³/mol. The maximum absolute atomic E-state index is 5.54. The van der Waals surface area contributed by atoms with Crippen LogP contribution in [-0.4, -0.2) is 11.6 Å². The summed E-state index contributed by atoms with van der Waals surface area (Å²) in [6.07, 6.45) is 1.80. The SMILES string of the molecule is C=CCO[C@H](C)c1nc2ccccc2s1. The number of hydrogen-bond acceptors (Lipinski definition) is 3. The van der Waals surface area contributed by atoms with E-state index in [2.05, 4.69) is 17.6 Å². The maximum Gasteiger partial charge on any atom is 0.123 e. The minimum atomic E-state index is 0.0420. The average molecular weight is 219 g/mol. The Bertz CT molecular complexity index is 430. The number of fused-ring (bicyclic) bond motifs is 1. The van der Waals surface area contributed by atoms with Crippen molar-refractivity contribution in [1.29, 1.82) is 0 Å². The Labute approximate surface area is 93.2 Å². The number of rotatable bonds is 4. The van der Waals surface area contributed by atoms with E-state index in [9.17, 15) is 0 Å². The van der Waals surface area contributed by atoms with Gasteiger partial charge in [0, 0.05) is 0 Å². The van der Waals surface area contributed by atoms with Crippen molar-refractivity contribution in [2.24, 2.45) is 0 Å². The van der Waals surface area contributed by atoms with E-state index in [-0.39, 0.29) is 6.10 Å². The summed E-state index contributed by atoms with van der Waals surface area (Å²) in [5.74, 6) is 0. The van der Waals surface area contributed by atoms with Crippen LogP contribution in [0.3, 0.4) is 0 Å². The highest BCUT2D eigenvalue weighted by Crippen LogP contribution is 2.27. The molecule has 0 N–H and O–H groups in total. The Morgan fingerprint density at radius 2 is 2.33 bits per heavy atom. The van der Waals surface area contributed by atoms with Crippen LogP contribution in [0.4, 0.5) is 0 Å². The second kappa shape index (κ2) is 4.55. The standard InChI is InChI=1S/C12H13NOS/c1-3-8-14-9(2)12-13-10-6-4-5-7-11(10)15-12/h3-7,9H,1,8H2,2H3/t9-/m1/s1. The third-order valence-electron chi connectivity index (χ3n) is 2.12. The molecule has 2 aromatic rings. The lowest BCUT2D eigenvalue weighted by molar-refractivity contribution is 0.0887. The van der Waals surface area contributed by atoms with Crippen LogP contribution in [0, 0.1) is 0 Å². The Kier molecular flexibility index (Phi) is 3.14. The lowest BCUT2D eigenvalue weighted by Gasteiger charge is -2.06. The van der Waals surface area contributed by atoms with E-state index >= 15 is 0 Å². The molecule has 0 aliphatic carbocycles. The summed E-state index contributed by atoms with van der Waals surface area (Å²) in [5.41, 5.74) is 1.05. The first-order chi connectivity index (χ1) is 7.31. The summed E-state index contributed by atoms with van der Waals surface area (Å²) in [6.45, 7) is 6.21. The topological polar surface area (TPSA) is 22.1 Å². The van der Waals surface area contributed by atoms with Crippen molar-refractivity contribution in [3.05, 3.63) is 41.9 Å². The van der Waals surface area contributed by atoms with E-state index in [1.807, 2.05) is 25.1 Å². The number of benzene rings is 1. The number of ether oxygens (including phenoxy) is 1. The van der Waals surface area contributed by atoms with E-state index in [0.29, 0.717) is 6.61 Å². The molecular weight excluding hydrogens is 206 g/mol. The zero-order chi connectivity index (χ0) is 10.7. The highest BCUT2D eigenvalue weighted by Gasteiger charge is 2.10. The molecule has 2 nitrogen and oxygen atoms in total. The van der Waals surface area contributed by atoms with Crippen molar-refractivity contribution in [2.75, 3.05) is 6.61 Å². The maximum atomic E-state index is 5.54. The predicted octanol–water partition coefficient (Wildman–Crippen LogP) is 3.56. The van der Waals surface area contributed by atoms with Crippen molar-refractivity contribution >= 4 is 21.6 Å². The Balaban J connectivity index is 2.24. The number of nitrogens with zero attached hydrogens (tertiary/aromatic N) is 1. The smallest absolute Gasteiger partial charge is 0.123 e. The highest BCUT2D eigenvalue weighted by atomic mass is 32.1. The van der Waals surface area contributed by atoms with Crippen LogP contribution >= 0.6 is 11.3 Å². The molecule has 0 radical (unpaired) electrons. The summed E-state index contributed by atoms with van der Waals surface area (Å²) in [4.78, 5) is 4.52. The fraction of sp³-hybridized carbons (Fsp3) is 0.250. The van der Waals surface area contributed by atoms with Gasteiger partial charge in [0.2, 0.25) is 0 Å². The van der Waals surface area contributed by atoms with E-state index in [4.69, 9.17) is 4.74 Å². The van der Waals surface area contributed by atoms with Crippen molar-refractivity contribution in [1.82, 2.24) is 4.98 Å². The van der Waals surface area contributed by atoms with Crippen molar-refractivity contribution in [3.63, 3.8) is 0 Å². The van der Waals surface area contributed by atoms with Gasteiger partial charge in [-0.3, -0.25) is 0 Å². The van der Waals surface area contributed by atoms with Crippen LogP contribution in [0.1, 0.15) is 18.0 Å². The second-order valence-electron chi connectivity index (χ2n) is 3.28. The summed E-state index contributed by atoms with van der Waals surface area (Å²) in [7, 11) is 0. The van der Waals surface area contributed by atoms with Gasteiger partial charge in [-0.2, -0.15) is 0 Å². The molecule has 0 amide bonds. The quantitative estimate of drug-likeness (QED) is 0.733. The Morgan fingerprint density at radius 1 is 1.53 bits per heavy atom. The molecule has 0 unspecified atom stereocenters. The number of hydrogen-bond donors (Lipinski definition) is 0. The molecule has 1 aromatic carbocycles. The molecule has 0 spiro atoms. The monoisotopic (exact) mass is 219 g/mol. The normalized spacial score (nSPS) is 12.9. The van der Waals surface area contributed by atoms with Gasteiger partial charge >= 0.3 is 0 Å². The molecule has 2 rings (SSSR count). The molecule has 0 bridgehead atoms. The molecule has 0 saturated carbocycles. The molecular formula is C12H13NOS. The van der Waals surface area contributed by atoms with Gasteiger partial charge in [0.1, 0.15) is 11.1 Å². The van der Waals surface area contributed by atoms with E-state index in [1.54, 1.807) is 17.4 Å². The molecule has 1 aromatic heterocycles. The van der Waals surface area contributed by atoms with Crippen LogP contribution in [0.2, 0.25) is 0 Å². The van der Waals surface area contributed by atoms with Crippen LogP contribution in [0.25, 0.3) is 10.2 Å². The fourth-order valence-corrected chi connectivity index (χ4v) is 2.32. The molecule has 0 aliphatic heterocycles. The molecule has 1 atom stereocenters. The average Bonchev–Trinajstić information content (AvgIpc) is 2.69. The third kappa shape index (κ3) is 2.25. The van der Waals surface area contributed by atoms with Gasteiger partial charge in [-0.25, -0.2) is 4.98 Å². The Morgan fingerprint density at radius 3 is 3.07 bits per heavy atom. The highest BCUT2D eigenvalue weighted by molar-refractivity contribution is 7.18.